The number of rotatable bonds is 2. The Hall–Kier alpha value is -1.92. The van der Waals surface area contributed by atoms with Gasteiger partial charge in [-0.2, -0.15) is 0 Å². The minimum absolute atomic E-state index is 0.0234. The molecular formula is C17H20N2O3S. The van der Waals surface area contributed by atoms with Crippen molar-refractivity contribution >= 4 is 33.2 Å². The highest BCUT2D eigenvalue weighted by Gasteiger charge is 2.30. The van der Waals surface area contributed by atoms with Crippen molar-refractivity contribution < 1.29 is 14.3 Å². The number of amides is 2. The van der Waals surface area contributed by atoms with Crippen molar-refractivity contribution in [3.05, 3.63) is 34.7 Å². The number of hydrogen-bond acceptors (Lipinski definition) is 4. The molecule has 0 N–H and O–H groups in total. The predicted octanol–water partition coefficient (Wildman–Crippen LogP) is 2.52. The molecule has 2 amide bonds. The molecule has 1 aliphatic rings. The molecule has 6 heteroatoms. The summed E-state index contributed by atoms with van der Waals surface area (Å²) in [6.07, 6.45) is -0.261. The van der Waals surface area contributed by atoms with E-state index < -0.39 is 0 Å². The first-order valence-electron chi connectivity index (χ1n) is 7.59. The number of morpholine rings is 1. The molecule has 1 saturated heterocycles. The number of hydrogen-bond donors (Lipinski definition) is 0. The van der Waals surface area contributed by atoms with E-state index in [1.807, 2.05) is 24.3 Å². The number of benzene rings is 1. The van der Waals surface area contributed by atoms with Gasteiger partial charge in [-0.1, -0.05) is 18.2 Å². The van der Waals surface area contributed by atoms with Gasteiger partial charge in [0, 0.05) is 37.8 Å². The Labute approximate surface area is 139 Å². The summed E-state index contributed by atoms with van der Waals surface area (Å²) in [4.78, 5) is 28.4. The van der Waals surface area contributed by atoms with E-state index in [4.69, 9.17) is 4.74 Å². The fourth-order valence-corrected chi connectivity index (χ4v) is 4.13. The van der Waals surface area contributed by atoms with E-state index in [9.17, 15) is 9.59 Å². The van der Waals surface area contributed by atoms with Crippen LogP contribution < -0.4 is 0 Å². The lowest BCUT2D eigenvalue weighted by Crippen LogP contribution is -2.41. The number of carbonyl (C=O) groups is 2. The third kappa shape index (κ3) is 2.96. The number of fused-ring (bicyclic) bond motifs is 1. The minimum Gasteiger partial charge on any atom is -0.370 e. The quantitative estimate of drug-likeness (QED) is 0.849. The van der Waals surface area contributed by atoms with Crippen LogP contribution in [0.25, 0.3) is 10.1 Å². The van der Waals surface area contributed by atoms with Crippen LogP contribution in [0.2, 0.25) is 0 Å². The van der Waals surface area contributed by atoms with E-state index in [0.717, 1.165) is 15.6 Å². The fourth-order valence-electron chi connectivity index (χ4n) is 2.86. The van der Waals surface area contributed by atoms with Crippen LogP contribution in [0.4, 0.5) is 0 Å². The molecular weight excluding hydrogens is 312 g/mol. The molecule has 5 nitrogen and oxygen atoms in total. The Bertz CT molecular complexity index is 753. The van der Waals surface area contributed by atoms with Crippen LogP contribution in [0, 0.1) is 0 Å². The number of thiophene rings is 1. The molecule has 1 aromatic heterocycles. The van der Waals surface area contributed by atoms with Crippen LogP contribution in [0.5, 0.6) is 0 Å². The van der Waals surface area contributed by atoms with E-state index in [1.165, 1.54) is 11.3 Å². The summed E-state index contributed by atoms with van der Waals surface area (Å²) < 4.78 is 6.99. The van der Waals surface area contributed by atoms with Gasteiger partial charge in [-0.3, -0.25) is 9.59 Å². The largest absolute Gasteiger partial charge is 0.370 e. The normalized spacial score (nSPS) is 18.2. The first-order chi connectivity index (χ1) is 11.0. The predicted molar refractivity (Wildman–Crippen MR) is 90.8 cm³/mol. The standard InChI is InChI=1S/C17H20N2O3S/c1-11(20)19-8-9-22-13(10-19)15-12-6-4-5-7-14(12)23-16(15)17(21)18(2)3/h4-7,13H,8-10H2,1-3H3. The molecule has 2 heterocycles. The van der Waals surface area contributed by atoms with Crippen LogP contribution in [-0.4, -0.2) is 55.4 Å². The Morgan fingerprint density at radius 3 is 2.74 bits per heavy atom. The molecule has 1 aliphatic heterocycles. The molecule has 0 saturated carbocycles. The molecule has 3 rings (SSSR count). The zero-order chi connectivity index (χ0) is 16.6. The minimum atomic E-state index is -0.261. The van der Waals surface area contributed by atoms with Crippen molar-refractivity contribution in [1.82, 2.24) is 9.80 Å². The second-order valence-corrected chi connectivity index (χ2v) is 6.92. The van der Waals surface area contributed by atoms with E-state index >= 15 is 0 Å². The maximum atomic E-state index is 12.6. The topological polar surface area (TPSA) is 49.9 Å². The molecule has 23 heavy (non-hydrogen) atoms. The van der Waals surface area contributed by atoms with Crippen molar-refractivity contribution in [2.75, 3.05) is 33.8 Å². The van der Waals surface area contributed by atoms with Crippen LogP contribution in [-0.2, 0) is 9.53 Å². The van der Waals surface area contributed by atoms with Crippen molar-refractivity contribution in [3.63, 3.8) is 0 Å². The maximum Gasteiger partial charge on any atom is 0.263 e. The summed E-state index contributed by atoms with van der Waals surface area (Å²) in [7, 11) is 3.50. The smallest absolute Gasteiger partial charge is 0.263 e. The molecule has 1 unspecified atom stereocenters. The zero-order valence-electron chi connectivity index (χ0n) is 13.5. The van der Waals surface area contributed by atoms with E-state index in [0.29, 0.717) is 24.6 Å². The molecule has 1 atom stereocenters. The van der Waals surface area contributed by atoms with Crippen LogP contribution >= 0.6 is 11.3 Å². The van der Waals surface area contributed by atoms with Gasteiger partial charge in [0.15, 0.2) is 0 Å². The van der Waals surface area contributed by atoms with Gasteiger partial charge in [0.25, 0.3) is 5.91 Å². The summed E-state index contributed by atoms with van der Waals surface area (Å²) in [5.74, 6) is 0.0167. The highest BCUT2D eigenvalue weighted by molar-refractivity contribution is 7.21. The van der Waals surface area contributed by atoms with Gasteiger partial charge in [0.05, 0.1) is 18.0 Å². The van der Waals surface area contributed by atoms with Gasteiger partial charge in [-0.15, -0.1) is 11.3 Å². The highest BCUT2D eigenvalue weighted by Crippen LogP contribution is 2.38. The molecule has 0 radical (unpaired) electrons. The van der Waals surface area contributed by atoms with Gasteiger partial charge < -0.3 is 14.5 Å². The van der Waals surface area contributed by atoms with E-state index in [2.05, 4.69) is 0 Å². The molecule has 122 valence electrons. The van der Waals surface area contributed by atoms with Crippen molar-refractivity contribution in [3.8, 4) is 0 Å². The van der Waals surface area contributed by atoms with Crippen LogP contribution in [0.1, 0.15) is 28.3 Å². The Balaban J connectivity index is 2.09. The summed E-state index contributed by atoms with van der Waals surface area (Å²) in [5, 5.41) is 1.04. The van der Waals surface area contributed by atoms with Gasteiger partial charge in [-0.05, 0) is 11.5 Å². The van der Waals surface area contributed by atoms with Crippen molar-refractivity contribution in [1.29, 1.82) is 0 Å². The first kappa shape index (κ1) is 16.0. The monoisotopic (exact) mass is 332 g/mol. The molecule has 0 bridgehead atoms. The summed E-state index contributed by atoms with van der Waals surface area (Å²) >= 11 is 1.49. The average molecular weight is 332 g/mol. The third-order valence-corrected chi connectivity index (χ3v) is 5.24. The third-order valence-electron chi connectivity index (χ3n) is 4.07. The molecule has 0 aliphatic carbocycles. The second-order valence-electron chi connectivity index (χ2n) is 5.87. The van der Waals surface area contributed by atoms with Crippen LogP contribution in [0.3, 0.4) is 0 Å². The Kier molecular flexibility index (Phi) is 4.37. The molecule has 1 fully saturated rings. The van der Waals surface area contributed by atoms with E-state index in [-0.39, 0.29) is 17.9 Å². The van der Waals surface area contributed by atoms with E-state index in [1.54, 1.807) is 30.8 Å². The highest BCUT2D eigenvalue weighted by atomic mass is 32.1. The lowest BCUT2D eigenvalue weighted by Gasteiger charge is -2.33. The van der Waals surface area contributed by atoms with Gasteiger partial charge in [-0.25, -0.2) is 0 Å². The summed E-state index contributed by atoms with van der Waals surface area (Å²) in [5.41, 5.74) is 0.912. The summed E-state index contributed by atoms with van der Waals surface area (Å²) in [6, 6.07) is 7.97. The van der Waals surface area contributed by atoms with Crippen molar-refractivity contribution in [2.24, 2.45) is 0 Å². The SMILES string of the molecule is CC(=O)N1CCOC(c2c(C(=O)N(C)C)sc3ccccc23)C1. The molecule has 2 aromatic rings. The average Bonchev–Trinajstić information content (AvgIpc) is 2.93. The fraction of sp³-hybridized carbons (Fsp3) is 0.412. The lowest BCUT2D eigenvalue weighted by molar-refractivity contribution is -0.136. The first-order valence-corrected chi connectivity index (χ1v) is 8.41. The Morgan fingerprint density at radius 2 is 2.04 bits per heavy atom. The lowest BCUT2D eigenvalue weighted by atomic mass is 10.0. The maximum absolute atomic E-state index is 12.6. The summed E-state index contributed by atoms with van der Waals surface area (Å²) in [6.45, 7) is 3.15. The zero-order valence-corrected chi connectivity index (χ0v) is 14.4. The van der Waals surface area contributed by atoms with Crippen LogP contribution in [0.15, 0.2) is 24.3 Å². The van der Waals surface area contributed by atoms with Gasteiger partial charge in [0.2, 0.25) is 5.91 Å². The van der Waals surface area contributed by atoms with Crippen molar-refractivity contribution in [2.45, 2.75) is 13.0 Å². The number of ether oxygens (including phenoxy) is 1. The van der Waals surface area contributed by atoms with Gasteiger partial charge in [0.1, 0.15) is 6.10 Å². The number of carbonyl (C=O) groups excluding carboxylic acids is 2. The number of nitrogens with zero attached hydrogens (tertiary/aromatic N) is 2. The molecule has 1 aromatic carbocycles. The van der Waals surface area contributed by atoms with Gasteiger partial charge >= 0.3 is 0 Å². The molecule has 0 spiro atoms. The second kappa shape index (κ2) is 6.29. The Morgan fingerprint density at radius 1 is 1.30 bits per heavy atom.